The molecule has 0 N–H and O–H groups in total. The molecule has 7 nitrogen and oxygen atoms in total. The fourth-order valence-electron chi connectivity index (χ4n) is 1.76. The number of hydrogen-bond acceptors (Lipinski definition) is 5. The van der Waals surface area contributed by atoms with Crippen LogP contribution in [0.15, 0.2) is 30.6 Å². The summed E-state index contributed by atoms with van der Waals surface area (Å²) in [6, 6.07) is 4.61. The van der Waals surface area contributed by atoms with E-state index in [1.165, 1.54) is 29.2 Å². The number of nitro benzene ring substituents is 1. The number of non-ortho nitro benzene ring substituents is 1. The molecule has 1 heterocycles. The third-order valence-electron chi connectivity index (χ3n) is 2.62. The lowest BCUT2D eigenvalue weighted by Gasteiger charge is -2.03. The van der Waals surface area contributed by atoms with E-state index < -0.39 is 10.9 Å². The van der Waals surface area contributed by atoms with Crippen molar-refractivity contribution in [2.75, 3.05) is 6.61 Å². The largest absolute Gasteiger partial charge is 0.462 e. The highest BCUT2D eigenvalue weighted by Crippen LogP contribution is 2.19. The van der Waals surface area contributed by atoms with Gasteiger partial charge in [-0.05, 0) is 25.5 Å². The minimum absolute atomic E-state index is 0.0202. The number of esters is 1. The van der Waals surface area contributed by atoms with E-state index in [0.29, 0.717) is 11.3 Å². The molecule has 0 saturated carbocycles. The van der Waals surface area contributed by atoms with Gasteiger partial charge in [-0.3, -0.25) is 10.1 Å². The van der Waals surface area contributed by atoms with Crippen LogP contribution in [0.1, 0.15) is 22.8 Å². The number of aryl methyl sites for hydroxylation is 1. The second kappa shape index (κ2) is 5.52. The third kappa shape index (κ3) is 2.82. The summed E-state index contributed by atoms with van der Waals surface area (Å²) < 4.78 is 6.27. The molecule has 0 saturated heterocycles. The summed E-state index contributed by atoms with van der Waals surface area (Å²) >= 11 is 0. The predicted octanol–water partition coefficient (Wildman–Crippen LogP) is 2.27. The molecule has 2 aromatic rings. The quantitative estimate of drug-likeness (QED) is 0.485. The molecule has 0 aliphatic carbocycles. The lowest BCUT2D eigenvalue weighted by atomic mass is 10.2. The summed E-state index contributed by atoms with van der Waals surface area (Å²) in [6.45, 7) is 3.75. The first-order valence-electron chi connectivity index (χ1n) is 5.99. The Morgan fingerprint density at radius 2 is 2.20 bits per heavy atom. The average molecular weight is 275 g/mol. The molecule has 0 bridgehead atoms. The van der Waals surface area contributed by atoms with Gasteiger partial charge in [-0.25, -0.2) is 9.48 Å². The van der Waals surface area contributed by atoms with Gasteiger partial charge >= 0.3 is 5.97 Å². The number of aromatic nitrogens is 2. The van der Waals surface area contributed by atoms with Crippen LogP contribution in [0.5, 0.6) is 0 Å². The molecule has 0 aliphatic rings. The van der Waals surface area contributed by atoms with Gasteiger partial charge in [0.1, 0.15) is 0 Å². The van der Waals surface area contributed by atoms with Gasteiger partial charge in [0.25, 0.3) is 5.69 Å². The van der Waals surface area contributed by atoms with E-state index >= 15 is 0 Å². The van der Waals surface area contributed by atoms with Gasteiger partial charge in [0.2, 0.25) is 0 Å². The second-order valence-corrected chi connectivity index (χ2v) is 4.18. The van der Waals surface area contributed by atoms with Gasteiger partial charge < -0.3 is 4.74 Å². The lowest BCUT2D eigenvalue weighted by molar-refractivity contribution is -0.384. The van der Waals surface area contributed by atoms with Gasteiger partial charge in [-0.2, -0.15) is 5.10 Å². The topological polar surface area (TPSA) is 87.3 Å². The summed E-state index contributed by atoms with van der Waals surface area (Å²) in [5.41, 5.74) is 1.54. The van der Waals surface area contributed by atoms with Gasteiger partial charge in [0, 0.05) is 18.3 Å². The molecule has 0 radical (unpaired) electrons. The van der Waals surface area contributed by atoms with E-state index in [4.69, 9.17) is 4.74 Å². The second-order valence-electron chi connectivity index (χ2n) is 4.18. The molecule has 0 aliphatic heterocycles. The Morgan fingerprint density at radius 3 is 2.85 bits per heavy atom. The summed E-state index contributed by atoms with van der Waals surface area (Å²) in [4.78, 5) is 21.9. The maximum Gasteiger partial charge on any atom is 0.341 e. The zero-order valence-electron chi connectivity index (χ0n) is 11.1. The Bertz CT molecular complexity index is 663. The van der Waals surface area contributed by atoms with E-state index in [9.17, 15) is 14.9 Å². The maximum absolute atomic E-state index is 11.5. The first-order chi connectivity index (χ1) is 9.51. The van der Waals surface area contributed by atoms with Gasteiger partial charge in [0.05, 0.1) is 29.0 Å². The Balaban J connectivity index is 2.37. The van der Waals surface area contributed by atoms with Crippen LogP contribution in [-0.4, -0.2) is 27.3 Å². The van der Waals surface area contributed by atoms with Crippen LogP contribution in [0.2, 0.25) is 0 Å². The Kier molecular flexibility index (Phi) is 3.79. The number of hydrogen-bond donors (Lipinski definition) is 0. The number of ether oxygens (including phenoxy) is 1. The number of benzene rings is 1. The molecule has 0 amide bonds. The third-order valence-corrected chi connectivity index (χ3v) is 2.62. The van der Waals surface area contributed by atoms with Crippen LogP contribution < -0.4 is 0 Å². The van der Waals surface area contributed by atoms with Crippen molar-refractivity contribution in [1.29, 1.82) is 0 Å². The maximum atomic E-state index is 11.5. The fourth-order valence-corrected chi connectivity index (χ4v) is 1.76. The van der Waals surface area contributed by atoms with Gasteiger partial charge in [0.15, 0.2) is 0 Å². The lowest BCUT2D eigenvalue weighted by Crippen LogP contribution is -2.03. The molecule has 0 spiro atoms. The van der Waals surface area contributed by atoms with Crippen LogP contribution in [0, 0.1) is 17.0 Å². The van der Waals surface area contributed by atoms with E-state index in [2.05, 4.69) is 5.10 Å². The van der Waals surface area contributed by atoms with E-state index in [-0.39, 0.29) is 12.3 Å². The number of nitro groups is 1. The highest BCUT2D eigenvalue weighted by Gasteiger charge is 2.13. The van der Waals surface area contributed by atoms with Gasteiger partial charge in [-0.1, -0.05) is 0 Å². The zero-order chi connectivity index (χ0) is 14.7. The first-order valence-corrected chi connectivity index (χ1v) is 5.99. The summed E-state index contributed by atoms with van der Waals surface area (Å²) in [5, 5.41) is 14.9. The Morgan fingerprint density at radius 1 is 1.45 bits per heavy atom. The van der Waals surface area contributed by atoms with Crippen molar-refractivity contribution in [1.82, 2.24) is 9.78 Å². The van der Waals surface area contributed by atoms with Crippen LogP contribution in [-0.2, 0) is 4.74 Å². The van der Waals surface area contributed by atoms with Crippen molar-refractivity contribution < 1.29 is 14.5 Å². The monoisotopic (exact) mass is 275 g/mol. The number of rotatable bonds is 4. The molecule has 2 rings (SSSR count). The Hall–Kier alpha value is -2.70. The molecule has 7 heteroatoms. The average Bonchev–Trinajstić information content (AvgIpc) is 2.88. The summed E-state index contributed by atoms with van der Waals surface area (Å²) in [7, 11) is 0. The van der Waals surface area contributed by atoms with Crippen molar-refractivity contribution >= 4 is 11.7 Å². The number of carbonyl (C=O) groups excluding carboxylic acids is 1. The molecule has 0 unspecified atom stereocenters. The first kappa shape index (κ1) is 13.7. The van der Waals surface area contributed by atoms with Crippen molar-refractivity contribution in [2.45, 2.75) is 13.8 Å². The molecule has 1 aromatic carbocycles. The molecular formula is C13H13N3O4. The SMILES string of the molecule is CCOC(=O)c1cnn(-c2cc(C)cc([N+](=O)[O-])c2)c1. The highest BCUT2D eigenvalue weighted by atomic mass is 16.6. The number of carbonyl (C=O) groups is 1. The van der Waals surface area contributed by atoms with Crippen LogP contribution >= 0.6 is 0 Å². The molecular weight excluding hydrogens is 262 g/mol. The molecule has 1 aromatic heterocycles. The standard InChI is InChI=1S/C13H13N3O4/c1-3-20-13(17)10-7-14-15(8-10)11-4-9(2)5-12(6-11)16(18)19/h4-8H,3H2,1-2H3. The zero-order valence-corrected chi connectivity index (χ0v) is 11.1. The van der Waals surface area contributed by atoms with Crippen molar-refractivity contribution in [3.05, 3.63) is 51.8 Å². The van der Waals surface area contributed by atoms with Gasteiger partial charge in [-0.15, -0.1) is 0 Å². The van der Waals surface area contributed by atoms with E-state index in [1.54, 1.807) is 19.9 Å². The Labute approximate surface area is 114 Å². The highest BCUT2D eigenvalue weighted by molar-refractivity contribution is 5.88. The van der Waals surface area contributed by atoms with Crippen LogP contribution in [0.4, 0.5) is 5.69 Å². The fraction of sp³-hybridized carbons (Fsp3) is 0.231. The predicted molar refractivity (Wildman–Crippen MR) is 70.9 cm³/mol. The van der Waals surface area contributed by atoms with Crippen molar-refractivity contribution in [2.24, 2.45) is 0 Å². The smallest absolute Gasteiger partial charge is 0.341 e. The van der Waals surface area contributed by atoms with Crippen molar-refractivity contribution in [3.8, 4) is 5.69 Å². The summed E-state index contributed by atoms with van der Waals surface area (Å²) in [6.07, 6.45) is 2.85. The summed E-state index contributed by atoms with van der Waals surface area (Å²) in [5.74, 6) is -0.471. The van der Waals surface area contributed by atoms with Crippen molar-refractivity contribution in [3.63, 3.8) is 0 Å². The normalized spacial score (nSPS) is 10.3. The van der Waals surface area contributed by atoms with E-state index in [1.807, 2.05) is 0 Å². The molecule has 104 valence electrons. The van der Waals surface area contributed by atoms with E-state index in [0.717, 1.165) is 5.56 Å². The molecule has 20 heavy (non-hydrogen) atoms. The van der Waals surface area contributed by atoms with Crippen LogP contribution in [0.25, 0.3) is 5.69 Å². The van der Waals surface area contributed by atoms with Crippen LogP contribution in [0.3, 0.4) is 0 Å². The minimum Gasteiger partial charge on any atom is -0.462 e. The minimum atomic E-state index is -0.471. The number of nitrogens with zero attached hydrogens (tertiary/aromatic N) is 3. The molecule has 0 fully saturated rings. The molecule has 0 atom stereocenters.